The van der Waals surface area contributed by atoms with Crippen molar-refractivity contribution in [1.29, 1.82) is 0 Å². The Morgan fingerprint density at radius 3 is 2.41 bits per heavy atom. The molecule has 0 fully saturated rings. The smallest absolute Gasteiger partial charge is 0.339 e. The van der Waals surface area contributed by atoms with E-state index in [-0.39, 0.29) is 5.97 Å². The van der Waals surface area contributed by atoms with Crippen LogP contribution in [0.1, 0.15) is 11.7 Å². The van der Waals surface area contributed by atoms with Crippen LogP contribution in [0.25, 0.3) is 10.8 Å². The van der Waals surface area contributed by atoms with Crippen molar-refractivity contribution in [3.8, 4) is 0 Å². The molecule has 0 bridgehead atoms. The lowest BCUT2D eigenvalue weighted by atomic mass is 10.0. The molecule has 0 heterocycles. The van der Waals surface area contributed by atoms with Gasteiger partial charge in [-0.15, -0.1) is 0 Å². The van der Waals surface area contributed by atoms with Gasteiger partial charge in [-0.05, 0) is 28.4 Å². The molecular formula is C18H24O3Si. The second-order valence-corrected chi connectivity index (χ2v) is 12.3. The van der Waals surface area contributed by atoms with Gasteiger partial charge in [-0.1, -0.05) is 56.0 Å². The van der Waals surface area contributed by atoms with Crippen LogP contribution in [0, 0.1) is 0 Å². The van der Waals surface area contributed by atoms with E-state index < -0.39 is 14.2 Å². The summed E-state index contributed by atoms with van der Waals surface area (Å²) in [6.45, 7) is 7.46. The Kier molecular flexibility index (Phi) is 5.37. The molecule has 0 radical (unpaired) electrons. The Balaban J connectivity index is 2.21. The molecule has 0 N–H and O–H groups in total. The standard InChI is InChI=1S/C18H24O3Si/c1-20-18(19)17(21-11-12-22(2,3)4)16-10-9-14-7-5-6-8-15(14)13-16/h5-10,13,17H,11-12H2,1-4H3/t17-/m0/s1. The van der Waals surface area contributed by atoms with Crippen molar-refractivity contribution >= 4 is 24.8 Å². The average molecular weight is 316 g/mol. The Bertz CT molecular complexity index is 646. The van der Waals surface area contributed by atoms with Gasteiger partial charge in [0.25, 0.3) is 0 Å². The number of ether oxygens (including phenoxy) is 2. The number of benzene rings is 2. The summed E-state index contributed by atoms with van der Waals surface area (Å²) in [6, 6.07) is 15.1. The molecule has 4 heteroatoms. The molecule has 0 aliphatic heterocycles. The van der Waals surface area contributed by atoms with Crippen LogP contribution < -0.4 is 0 Å². The van der Waals surface area contributed by atoms with Crippen LogP contribution in [-0.4, -0.2) is 27.8 Å². The van der Waals surface area contributed by atoms with Crippen LogP contribution in [0.4, 0.5) is 0 Å². The Hall–Kier alpha value is -1.65. The van der Waals surface area contributed by atoms with Gasteiger partial charge in [0.15, 0.2) is 6.10 Å². The van der Waals surface area contributed by atoms with Gasteiger partial charge in [0.1, 0.15) is 0 Å². The van der Waals surface area contributed by atoms with E-state index >= 15 is 0 Å². The maximum Gasteiger partial charge on any atom is 0.339 e. The quantitative estimate of drug-likeness (QED) is 0.585. The van der Waals surface area contributed by atoms with E-state index in [1.54, 1.807) is 0 Å². The van der Waals surface area contributed by atoms with Crippen molar-refractivity contribution in [1.82, 2.24) is 0 Å². The topological polar surface area (TPSA) is 35.5 Å². The maximum absolute atomic E-state index is 12.1. The minimum Gasteiger partial charge on any atom is -0.467 e. The van der Waals surface area contributed by atoms with E-state index in [0.717, 1.165) is 22.4 Å². The summed E-state index contributed by atoms with van der Waals surface area (Å²) in [7, 11) is 0.210. The third-order valence-electron chi connectivity index (χ3n) is 3.63. The first-order chi connectivity index (χ1) is 10.4. The maximum atomic E-state index is 12.1. The second-order valence-electron chi connectivity index (χ2n) is 6.69. The first-order valence-electron chi connectivity index (χ1n) is 7.59. The third kappa shape index (κ3) is 4.42. The molecule has 0 amide bonds. The van der Waals surface area contributed by atoms with Crippen LogP contribution >= 0.6 is 0 Å². The highest BCUT2D eigenvalue weighted by atomic mass is 28.3. The molecule has 1 atom stereocenters. The van der Waals surface area contributed by atoms with Crippen LogP contribution in [0.5, 0.6) is 0 Å². The number of hydrogen-bond donors (Lipinski definition) is 0. The van der Waals surface area contributed by atoms with Crippen LogP contribution in [0.3, 0.4) is 0 Å². The number of esters is 1. The molecular weight excluding hydrogens is 292 g/mol. The molecule has 0 unspecified atom stereocenters. The molecule has 0 saturated heterocycles. The molecule has 3 nitrogen and oxygen atoms in total. The molecule has 0 spiro atoms. The summed E-state index contributed by atoms with van der Waals surface area (Å²) >= 11 is 0. The zero-order chi connectivity index (χ0) is 16.2. The first kappa shape index (κ1) is 16.7. The fraction of sp³-hybridized carbons (Fsp3) is 0.389. The van der Waals surface area contributed by atoms with Gasteiger partial charge >= 0.3 is 5.97 Å². The van der Waals surface area contributed by atoms with E-state index in [0.29, 0.717) is 6.61 Å². The van der Waals surface area contributed by atoms with Crippen molar-refractivity contribution < 1.29 is 14.3 Å². The molecule has 2 rings (SSSR count). The summed E-state index contributed by atoms with van der Waals surface area (Å²) < 4.78 is 10.8. The SMILES string of the molecule is COC(=O)[C@@H](OCC[Si](C)(C)C)c1ccc2ccccc2c1. The van der Waals surface area contributed by atoms with E-state index in [2.05, 4.69) is 25.7 Å². The van der Waals surface area contributed by atoms with Crippen LogP contribution in [0.15, 0.2) is 42.5 Å². The van der Waals surface area contributed by atoms with E-state index in [9.17, 15) is 4.79 Å². The number of fused-ring (bicyclic) bond motifs is 1. The summed E-state index contributed by atoms with van der Waals surface area (Å²) in [6.07, 6.45) is -0.647. The highest BCUT2D eigenvalue weighted by Crippen LogP contribution is 2.25. The summed E-state index contributed by atoms with van der Waals surface area (Å²) in [4.78, 5) is 12.1. The van der Waals surface area contributed by atoms with E-state index in [4.69, 9.17) is 9.47 Å². The van der Waals surface area contributed by atoms with Gasteiger partial charge in [-0.2, -0.15) is 0 Å². The monoisotopic (exact) mass is 316 g/mol. The average Bonchev–Trinajstić information content (AvgIpc) is 2.49. The third-order valence-corrected chi connectivity index (χ3v) is 5.33. The highest BCUT2D eigenvalue weighted by Gasteiger charge is 2.23. The molecule has 0 aromatic heterocycles. The molecule has 118 valence electrons. The number of carbonyl (C=O) groups excluding carboxylic acids is 1. The summed E-state index contributed by atoms with van der Waals surface area (Å²) in [5, 5.41) is 2.25. The Morgan fingerprint density at radius 1 is 1.09 bits per heavy atom. The van der Waals surface area contributed by atoms with E-state index in [1.807, 2.05) is 36.4 Å². The van der Waals surface area contributed by atoms with Crippen molar-refractivity contribution in [2.75, 3.05) is 13.7 Å². The lowest BCUT2D eigenvalue weighted by molar-refractivity contribution is -0.154. The Morgan fingerprint density at radius 2 is 1.77 bits per heavy atom. The first-order valence-corrected chi connectivity index (χ1v) is 11.3. The van der Waals surface area contributed by atoms with Gasteiger partial charge < -0.3 is 9.47 Å². The van der Waals surface area contributed by atoms with Gasteiger partial charge in [0.2, 0.25) is 0 Å². The lowest BCUT2D eigenvalue weighted by Gasteiger charge is -2.20. The van der Waals surface area contributed by atoms with Crippen LogP contribution in [0.2, 0.25) is 25.7 Å². The lowest BCUT2D eigenvalue weighted by Crippen LogP contribution is -2.24. The summed E-state index contributed by atoms with van der Waals surface area (Å²) in [5.74, 6) is -0.342. The predicted molar refractivity (Wildman–Crippen MR) is 92.8 cm³/mol. The van der Waals surface area contributed by atoms with Crippen molar-refractivity contribution in [3.63, 3.8) is 0 Å². The second kappa shape index (κ2) is 7.07. The highest BCUT2D eigenvalue weighted by molar-refractivity contribution is 6.76. The number of methoxy groups -OCH3 is 1. The summed E-state index contributed by atoms with van der Waals surface area (Å²) in [5.41, 5.74) is 0.848. The Labute approximate surface area is 133 Å². The molecule has 2 aromatic carbocycles. The normalized spacial score (nSPS) is 13.1. The van der Waals surface area contributed by atoms with Gasteiger partial charge in [0.05, 0.1) is 7.11 Å². The number of rotatable bonds is 6. The van der Waals surface area contributed by atoms with Gasteiger partial charge in [-0.25, -0.2) is 4.79 Å². The molecule has 22 heavy (non-hydrogen) atoms. The zero-order valence-corrected chi connectivity index (χ0v) is 14.8. The molecule has 0 saturated carbocycles. The minimum atomic E-state index is -1.19. The molecule has 2 aromatic rings. The fourth-order valence-electron chi connectivity index (χ4n) is 2.26. The van der Waals surface area contributed by atoms with Crippen molar-refractivity contribution in [2.45, 2.75) is 31.8 Å². The minimum absolute atomic E-state index is 0.342. The zero-order valence-electron chi connectivity index (χ0n) is 13.8. The predicted octanol–water partition coefficient (Wildman–Crippen LogP) is 4.41. The largest absolute Gasteiger partial charge is 0.467 e. The molecule has 0 aliphatic carbocycles. The number of carbonyl (C=O) groups is 1. The molecule has 0 aliphatic rings. The van der Waals surface area contributed by atoms with Gasteiger partial charge in [0, 0.05) is 14.7 Å². The van der Waals surface area contributed by atoms with Crippen molar-refractivity contribution in [2.24, 2.45) is 0 Å². The van der Waals surface area contributed by atoms with E-state index in [1.165, 1.54) is 7.11 Å². The van der Waals surface area contributed by atoms with Crippen molar-refractivity contribution in [3.05, 3.63) is 48.0 Å². The van der Waals surface area contributed by atoms with Gasteiger partial charge in [-0.3, -0.25) is 0 Å². The van der Waals surface area contributed by atoms with Crippen LogP contribution in [-0.2, 0) is 14.3 Å². The fourth-order valence-corrected chi connectivity index (χ4v) is 2.99. The number of hydrogen-bond acceptors (Lipinski definition) is 3.